The highest BCUT2D eigenvalue weighted by Crippen LogP contribution is 2.12. The highest BCUT2D eigenvalue weighted by Gasteiger charge is 2.06. The van der Waals surface area contributed by atoms with Crippen LogP contribution >= 0.6 is 0 Å². The predicted molar refractivity (Wildman–Crippen MR) is 60.2 cm³/mol. The van der Waals surface area contributed by atoms with Gasteiger partial charge in [-0.05, 0) is 24.6 Å². The van der Waals surface area contributed by atoms with Gasteiger partial charge in [-0.3, -0.25) is 4.57 Å². The molecule has 1 heterocycles. The molecule has 0 spiro atoms. The second kappa shape index (κ2) is 3.65. The minimum atomic E-state index is -0.127. The third-order valence-corrected chi connectivity index (χ3v) is 2.34. The molecule has 4 nitrogen and oxygen atoms in total. The molecule has 0 aliphatic heterocycles. The van der Waals surface area contributed by atoms with Crippen molar-refractivity contribution in [2.45, 2.75) is 13.3 Å². The fourth-order valence-electron chi connectivity index (χ4n) is 1.61. The van der Waals surface area contributed by atoms with Crippen molar-refractivity contribution in [2.24, 2.45) is 0 Å². The molecule has 4 heteroatoms. The van der Waals surface area contributed by atoms with Crippen LogP contribution in [0.4, 0.5) is 5.69 Å². The first kappa shape index (κ1) is 9.58. The van der Waals surface area contributed by atoms with Crippen molar-refractivity contribution in [1.29, 1.82) is 0 Å². The Morgan fingerprint density at radius 2 is 2.27 bits per heavy atom. The first-order chi connectivity index (χ1) is 7.22. The summed E-state index contributed by atoms with van der Waals surface area (Å²) in [7, 11) is 0. The molecule has 0 atom stereocenters. The predicted octanol–water partition coefficient (Wildman–Crippen LogP) is 1.31. The second-order valence-electron chi connectivity index (χ2n) is 3.37. The molecule has 0 bridgehead atoms. The van der Waals surface area contributed by atoms with E-state index in [1.807, 2.05) is 19.1 Å². The van der Waals surface area contributed by atoms with E-state index >= 15 is 0 Å². The Bertz CT molecular complexity index is 525. The van der Waals surface area contributed by atoms with Crippen molar-refractivity contribution >= 4 is 5.69 Å². The van der Waals surface area contributed by atoms with E-state index in [9.17, 15) is 4.79 Å². The number of aryl methyl sites for hydroxylation is 1. The van der Waals surface area contributed by atoms with Gasteiger partial charge in [0.25, 0.3) is 0 Å². The summed E-state index contributed by atoms with van der Waals surface area (Å²) in [6.45, 7) is 2.01. The molecule has 0 fully saturated rings. The lowest BCUT2D eigenvalue weighted by Gasteiger charge is -2.05. The van der Waals surface area contributed by atoms with Crippen LogP contribution in [0, 0.1) is 0 Å². The van der Waals surface area contributed by atoms with Crippen molar-refractivity contribution in [2.75, 3.05) is 5.73 Å². The van der Waals surface area contributed by atoms with Gasteiger partial charge in [0.1, 0.15) is 0 Å². The fourth-order valence-corrected chi connectivity index (χ4v) is 1.61. The molecule has 1 aromatic carbocycles. The quantitative estimate of drug-likeness (QED) is 0.723. The van der Waals surface area contributed by atoms with E-state index in [2.05, 4.69) is 4.98 Å². The van der Waals surface area contributed by atoms with Crippen LogP contribution in [0.1, 0.15) is 12.6 Å². The number of hydrogen-bond donors (Lipinski definition) is 2. The first-order valence-corrected chi connectivity index (χ1v) is 4.87. The number of aromatic nitrogens is 2. The van der Waals surface area contributed by atoms with Crippen LogP contribution in [0.5, 0.6) is 0 Å². The zero-order valence-corrected chi connectivity index (χ0v) is 8.53. The van der Waals surface area contributed by atoms with E-state index in [1.54, 1.807) is 22.9 Å². The molecular weight excluding hydrogens is 190 g/mol. The Morgan fingerprint density at radius 3 is 2.93 bits per heavy atom. The number of imidazole rings is 1. The van der Waals surface area contributed by atoms with Gasteiger partial charge in [0, 0.05) is 17.6 Å². The summed E-state index contributed by atoms with van der Waals surface area (Å²) in [5.41, 5.74) is 7.96. The Kier molecular flexibility index (Phi) is 2.33. The van der Waals surface area contributed by atoms with E-state index in [1.165, 1.54) is 0 Å². The van der Waals surface area contributed by atoms with Gasteiger partial charge in [-0.25, -0.2) is 4.79 Å². The molecule has 0 unspecified atom stereocenters. The summed E-state index contributed by atoms with van der Waals surface area (Å²) in [5, 5.41) is 0. The number of nitrogens with two attached hydrogens (primary N) is 1. The van der Waals surface area contributed by atoms with Crippen molar-refractivity contribution in [3.63, 3.8) is 0 Å². The minimum Gasteiger partial charge on any atom is -0.399 e. The first-order valence-electron chi connectivity index (χ1n) is 4.87. The van der Waals surface area contributed by atoms with Crippen molar-refractivity contribution in [3.8, 4) is 5.69 Å². The average Bonchev–Trinajstić information content (AvgIpc) is 2.59. The summed E-state index contributed by atoms with van der Waals surface area (Å²) in [6.07, 6.45) is 2.53. The number of aromatic amines is 1. The molecule has 0 radical (unpaired) electrons. The molecule has 78 valence electrons. The lowest BCUT2D eigenvalue weighted by molar-refractivity contribution is 0.900. The van der Waals surface area contributed by atoms with Crippen LogP contribution < -0.4 is 11.4 Å². The lowest BCUT2D eigenvalue weighted by atomic mass is 10.2. The standard InChI is InChI=1S/C11H13N3O/c1-2-9-7-13-11(15)14(9)10-5-3-4-8(12)6-10/h3-7H,2,12H2,1H3,(H,13,15). The monoisotopic (exact) mass is 203 g/mol. The van der Waals surface area contributed by atoms with Crippen LogP contribution in [-0.4, -0.2) is 9.55 Å². The maximum Gasteiger partial charge on any atom is 0.330 e. The van der Waals surface area contributed by atoms with E-state index in [4.69, 9.17) is 5.73 Å². The van der Waals surface area contributed by atoms with Crippen molar-refractivity contribution in [3.05, 3.63) is 46.6 Å². The summed E-state index contributed by atoms with van der Waals surface area (Å²) >= 11 is 0. The summed E-state index contributed by atoms with van der Waals surface area (Å²) in [5.74, 6) is 0. The second-order valence-corrected chi connectivity index (χ2v) is 3.37. The largest absolute Gasteiger partial charge is 0.399 e. The lowest BCUT2D eigenvalue weighted by Crippen LogP contribution is -2.16. The van der Waals surface area contributed by atoms with Gasteiger partial charge in [0.05, 0.1) is 5.69 Å². The van der Waals surface area contributed by atoms with Gasteiger partial charge in [-0.2, -0.15) is 0 Å². The average molecular weight is 203 g/mol. The van der Waals surface area contributed by atoms with E-state index in [0.717, 1.165) is 17.8 Å². The maximum atomic E-state index is 11.6. The van der Waals surface area contributed by atoms with Crippen LogP contribution in [0.25, 0.3) is 5.69 Å². The third kappa shape index (κ3) is 1.66. The van der Waals surface area contributed by atoms with Crippen LogP contribution in [0.3, 0.4) is 0 Å². The molecule has 0 aliphatic rings. The molecule has 2 rings (SSSR count). The van der Waals surface area contributed by atoms with Gasteiger partial charge < -0.3 is 10.7 Å². The highest BCUT2D eigenvalue weighted by atomic mass is 16.1. The smallest absolute Gasteiger partial charge is 0.330 e. The summed E-state index contributed by atoms with van der Waals surface area (Å²) in [4.78, 5) is 14.2. The third-order valence-electron chi connectivity index (χ3n) is 2.34. The van der Waals surface area contributed by atoms with Gasteiger partial charge in [0.2, 0.25) is 0 Å². The molecule has 3 N–H and O–H groups in total. The normalized spacial score (nSPS) is 10.5. The van der Waals surface area contributed by atoms with Gasteiger partial charge >= 0.3 is 5.69 Å². The number of nitrogens with zero attached hydrogens (tertiary/aromatic N) is 1. The van der Waals surface area contributed by atoms with Crippen LogP contribution in [0.15, 0.2) is 35.3 Å². The van der Waals surface area contributed by atoms with Gasteiger partial charge in [-0.15, -0.1) is 0 Å². The van der Waals surface area contributed by atoms with Crippen molar-refractivity contribution < 1.29 is 0 Å². The Labute approximate surface area is 87.4 Å². The number of hydrogen-bond acceptors (Lipinski definition) is 2. The van der Waals surface area contributed by atoms with E-state index in [-0.39, 0.29) is 5.69 Å². The van der Waals surface area contributed by atoms with E-state index < -0.39 is 0 Å². The zero-order valence-electron chi connectivity index (χ0n) is 8.53. The van der Waals surface area contributed by atoms with Crippen molar-refractivity contribution in [1.82, 2.24) is 9.55 Å². The maximum absolute atomic E-state index is 11.6. The SMILES string of the molecule is CCc1c[nH]c(=O)n1-c1cccc(N)c1. The molecule has 0 amide bonds. The Balaban J connectivity index is 2.62. The Hall–Kier alpha value is -1.97. The number of nitrogens with one attached hydrogen (secondary N) is 1. The molecule has 0 saturated heterocycles. The number of anilines is 1. The molecule has 1 aromatic heterocycles. The molecule has 0 aliphatic carbocycles. The topological polar surface area (TPSA) is 63.8 Å². The molecule has 0 saturated carbocycles. The number of benzene rings is 1. The Morgan fingerprint density at radius 1 is 1.47 bits per heavy atom. The molecule has 15 heavy (non-hydrogen) atoms. The highest BCUT2D eigenvalue weighted by molar-refractivity contribution is 5.48. The number of nitrogen functional groups attached to an aromatic ring is 1. The van der Waals surface area contributed by atoms with Gasteiger partial charge in [-0.1, -0.05) is 13.0 Å². The van der Waals surface area contributed by atoms with Crippen LogP contribution in [0.2, 0.25) is 0 Å². The fraction of sp³-hybridized carbons (Fsp3) is 0.182. The summed E-state index contributed by atoms with van der Waals surface area (Å²) in [6, 6.07) is 7.29. The minimum absolute atomic E-state index is 0.127. The molecular formula is C11H13N3O. The van der Waals surface area contributed by atoms with Gasteiger partial charge in [0.15, 0.2) is 0 Å². The van der Waals surface area contributed by atoms with E-state index in [0.29, 0.717) is 5.69 Å². The summed E-state index contributed by atoms with van der Waals surface area (Å²) < 4.78 is 1.64. The number of rotatable bonds is 2. The number of H-pyrrole nitrogens is 1. The van der Waals surface area contributed by atoms with Crippen LogP contribution in [-0.2, 0) is 6.42 Å². The zero-order chi connectivity index (χ0) is 10.8. The molecule has 2 aromatic rings.